The first-order valence-electron chi connectivity index (χ1n) is 8.82. The summed E-state index contributed by atoms with van der Waals surface area (Å²) in [6.07, 6.45) is 2.25. The van der Waals surface area contributed by atoms with E-state index in [0.29, 0.717) is 11.5 Å². The summed E-state index contributed by atoms with van der Waals surface area (Å²) in [6, 6.07) is 16.5. The number of piperidine rings is 1. The molecule has 0 spiro atoms. The Bertz CT molecular complexity index is 870. The lowest BCUT2D eigenvalue weighted by Gasteiger charge is -2.30. The minimum atomic E-state index is 0.461. The van der Waals surface area contributed by atoms with Gasteiger partial charge in [0.05, 0.1) is 34.4 Å². The molecule has 2 aliphatic heterocycles. The number of rotatable bonds is 1. The summed E-state index contributed by atoms with van der Waals surface area (Å²) in [5, 5.41) is 9.28. The average Bonchev–Trinajstić information content (AvgIpc) is 2.77. The highest BCUT2D eigenvalue weighted by atomic mass is 15.1. The molecule has 0 aliphatic carbocycles. The van der Waals surface area contributed by atoms with Gasteiger partial charge in [-0.1, -0.05) is 18.2 Å². The number of hydrogen-bond donors (Lipinski definition) is 0. The van der Waals surface area contributed by atoms with Crippen molar-refractivity contribution in [3.63, 3.8) is 0 Å². The van der Waals surface area contributed by atoms with Crippen LogP contribution in [0.3, 0.4) is 0 Å². The highest BCUT2D eigenvalue weighted by molar-refractivity contribution is 6.10. The Morgan fingerprint density at radius 3 is 2.56 bits per heavy atom. The van der Waals surface area contributed by atoms with Crippen molar-refractivity contribution in [3.05, 3.63) is 53.6 Å². The number of benzene rings is 2. The Kier molecular flexibility index (Phi) is 4.03. The van der Waals surface area contributed by atoms with E-state index in [1.807, 2.05) is 18.2 Å². The monoisotopic (exact) mass is 330 g/mol. The summed E-state index contributed by atoms with van der Waals surface area (Å²) in [4.78, 5) is 9.67. The maximum absolute atomic E-state index is 9.28. The predicted octanol–water partition coefficient (Wildman–Crippen LogP) is 4.10. The molecule has 2 aromatic rings. The van der Waals surface area contributed by atoms with Crippen LogP contribution in [0.4, 0.5) is 17.1 Å². The van der Waals surface area contributed by atoms with Crippen molar-refractivity contribution in [2.75, 3.05) is 32.1 Å². The summed E-state index contributed by atoms with van der Waals surface area (Å²) in [7, 11) is 4.26. The van der Waals surface area contributed by atoms with Gasteiger partial charge in [0, 0.05) is 18.5 Å². The lowest BCUT2D eigenvalue weighted by atomic mass is 9.87. The molecule has 0 saturated carbocycles. The fraction of sp³-hybridized carbons (Fsp3) is 0.333. The average molecular weight is 330 g/mol. The van der Waals surface area contributed by atoms with E-state index in [2.05, 4.69) is 54.2 Å². The first-order valence-corrected chi connectivity index (χ1v) is 8.82. The molecule has 4 nitrogen and oxygen atoms in total. The zero-order valence-corrected chi connectivity index (χ0v) is 14.7. The van der Waals surface area contributed by atoms with Gasteiger partial charge in [0.2, 0.25) is 0 Å². The van der Waals surface area contributed by atoms with Gasteiger partial charge in [-0.15, -0.1) is 0 Å². The van der Waals surface area contributed by atoms with Gasteiger partial charge in [-0.25, -0.2) is 0 Å². The molecule has 0 aromatic heterocycles. The van der Waals surface area contributed by atoms with Crippen LogP contribution in [-0.2, 0) is 0 Å². The van der Waals surface area contributed by atoms with Crippen LogP contribution >= 0.6 is 0 Å². The summed E-state index contributed by atoms with van der Waals surface area (Å²) in [6.45, 7) is 2.21. The fourth-order valence-electron chi connectivity index (χ4n) is 3.86. The number of anilines is 2. The number of para-hydroxylation sites is 1. The molecule has 1 fully saturated rings. The third-order valence-electron chi connectivity index (χ3n) is 5.35. The molecule has 0 radical (unpaired) electrons. The Morgan fingerprint density at radius 2 is 1.80 bits per heavy atom. The standard InChI is InChI=1S/C21H22N4/c1-24-11-9-16(10-12-24)21-17-5-3-4-6-19(17)25(2)20-8-7-15(14-22)13-18(20)23-21/h3-8,13,16H,9-12H2,1-2H3. The number of aliphatic imine (C=N–C) groups is 1. The minimum absolute atomic E-state index is 0.461. The molecule has 2 aliphatic rings. The lowest BCUT2D eigenvalue weighted by Crippen LogP contribution is -2.34. The molecule has 0 atom stereocenters. The molecule has 2 aromatic carbocycles. The van der Waals surface area contributed by atoms with Crippen LogP contribution in [0.2, 0.25) is 0 Å². The predicted molar refractivity (Wildman–Crippen MR) is 102 cm³/mol. The zero-order chi connectivity index (χ0) is 17.4. The second-order valence-electron chi connectivity index (χ2n) is 6.97. The van der Waals surface area contributed by atoms with Crippen LogP contribution in [0.15, 0.2) is 47.5 Å². The van der Waals surface area contributed by atoms with Gasteiger partial charge in [-0.05, 0) is 57.2 Å². The number of fused-ring (bicyclic) bond motifs is 2. The Morgan fingerprint density at radius 1 is 1.04 bits per heavy atom. The van der Waals surface area contributed by atoms with Gasteiger partial charge >= 0.3 is 0 Å². The zero-order valence-electron chi connectivity index (χ0n) is 14.7. The number of likely N-dealkylation sites (tertiary alicyclic amines) is 1. The second kappa shape index (κ2) is 6.34. The van der Waals surface area contributed by atoms with Crippen molar-refractivity contribution in [2.24, 2.45) is 10.9 Å². The van der Waals surface area contributed by atoms with Crippen molar-refractivity contribution in [2.45, 2.75) is 12.8 Å². The molecule has 0 N–H and O–H groups in total. The van der Waals surface area contributed by atoms with Gasteiger partial charge in [-0.2, -0.15) is 5.26 Å². The van der Waals surface area contributed by atoms with Crippen LogP contribution in [0.25, 0.3) is 0 Å². The van der Waals surface area contributed by atoms with E-state index in [1.54, 1.807) is 0 Å². The summed E-state index contributed by atoms with van der Waals surface area (Å²) >= 11 is 0. The van der Waals surface area contributed by atoms with Gasteiger partial charge in [0.15, 0.2) is 0 Å². The molecule has 0 amide bonds. The van der Waals surface area contributed by atoms with E-state index >= 15 is 0 Å². The minimum Gasteiger partial charge on any atom is -0.342 e. The molecule has 0 unspecified atom stereocenters. The van der Waals surface area contributed by atoms with Gasteiger partial charge < -0.3 is 9.80 Å². The van der Waals surface area contributed by atoms with E-state index in [4.69, 9.17) is 4.99 Å². The van der Waals surface area contributed by atoms with Crippen LogP contribution in [0.5, 0.6) is 0 Å². The molecule has 4 rings (SSSR count). The van der Waals surface area contributed by atoms with Crippen molar-refractivity contribution in [3.8, 4) is 6.07 Å². The first-order chi connectivity index (χ1) is 12.2. The SMILES string of the molecule is CN1CCC(C2=Nc3cc(C#N)ccc3N(C)c3ccccc32)CC1. The molecule has 4 heteroatoms. The third kappa shape index (κ3) is 2.81. The highest BCUT2D eigenvalue weighted by Crippen LogP contribution is 2.41. The number of nitrogens with zero attached hydrogens (tertiary/aromatic N) is 4. The van der Waals surface area contributed by atoms with E-state index < -0.39 is 0 Å². The van der Waals surface area contributed by atoms with E-state index in [1.165, 1.54) is 17.0 Å². The smallest absolute Gasteiger partial charge is 0.0992 e. The van der Waals surface area contributed by atoms with Crippen LogP contribution in [0.1, 0.15) is 24.0 Å². The van der Waals surface area contributed by atoms with E-state index in [-0.39, 0.29) is 0 Å². The van der Waals surface area contributed by atoms with Crippen LogP contribution in [-0.4, -0.2) is 37.8 Å². The van der Waals surface area contributed by atoms with Gasteiger partial charge in [-0.3, -0.25) is 4.99 Å². The molecule has 1 saturated heterocycles. The summed E-state index contributed by atoms with van der Waals surface area (Å²) in [5.74, 6) is 0.461. The third-order valence-corrected chi connectivity index (χ3v) is 5.35. The van der Waals surface area contributed by atoms with Gasteiger partial charge in [0.1, 0.15) is 0 Å². The summed E-state index contributed by atoms with van der Waals surface area (Å²) in [5.41, 5.74) is 6.17. The molecule has 2 heterocycles. The van der Waals surface area contributed by atoms with E-state index in [9.17, 15) is 5.26 Å². The van der Waals surface area contributed by atoms with Crippen molar-refractivity contribution < 1.29 is 0 Å². The largest absolute Gasteiger partial charge is 0.342 e. The normalized spacial score (nSPS) is 18.0. The Labute approximate surface area is 149 Å². The Balaban J connectivity index is 1.88. The van der Waals surface area contributed by atoms with Crippen molar-refractivity contribution in [1.29, 1.82) is 5.26 Å². The lowest BCUT2D eigenvalue weighted by molar-refractivity contribution is 0.252. The maximum atomic E-state index is 9.28. The van der Waals surface area contributed by atoms with Crippen LogP contribution in [0, 0.1) is 17.2 Å². The quantitative estimate of drug-likeness (QED) is 0.790. The first kappa shape index (κ1) is 15.9. The molecular weight excluding hydrogens is 308 g/mol. The number of hydrogen-bond acceptors (Lipinski definition) is 4. The molecular formula is C21H22N4. The Hall–Kier alpha value is -2.64. The summed E-state index contributed by atoms with van der Waals surface area (Å²) < 4.78 is 0. The van der Waals surface area contributed by atoms with Gasteiger partial charge in [0.25, 0.3) is 0 Å². The molecule has 25 heavy (non-hydrogen) atoms. The molecule has 0 bridgehead atoms. The highest BCUT2D eigenvalue weighted by Gasteiger charge is 2.28. The van der Waals surface area contributed by atoms with Crippen molar-refractivity contribution >= 4 is 22.8 Å². The molecule has 126 valence electrons. The van der Waals surface area contributed by atoms with Crippen LogP contribution < -0.4 is 4.90 Å². The second-order valence-corrected chi connectivity index (χ2v) is 6.97. The van der Waals surface area contributed by atoms with E-state index in [0.717, 1.165) is 37.3 Å². The topological polar surface area (TPSA) is 42.6 Å². The fourth-order valence-corrected chi connectivity index (χ4v) is 3.86. The van der Waals surface area contributed by atoms with Crippen molar-refractivity contribution in [1.82, 2.24) is 4.90 Å². The maximum Gasteiger partial charge on any atom is 0.0992 e. The number of nitriles is 1.